The fourth-order valence-electron chi connectivity index (χ4n) is 3.35. The van der Waals surface area contributed by atoms with Crippen LogP contribution in [0.4, 0.5) is 5.69 Å². The van der Waals surface area contributed by atoms with Crippen LogP contribution < -0.4 is 10.1 Å². The van der Waals surface area contributed by atoms with E-state index >= 15 is 0 Å². The number of nitrogens with zero attached hydrogens (tertiary/aromatic N) is 2. The number of aliphatic hydroxyl groups is 1. The Morgan fingerprint density at radius 3 is 2.86 bits per heavy atom. The summed E-state index contributed by atoms with van der Waals surface area (Å²) < 4.78 is 5.64. The average molecular weight is 305 g/mol. The number of rotatable bonds is 5. The van der Waals surface area contributed by atoms with Crippen LogP contribution in [-0.4, -0.2) is 73.4 Å². The van der Waals surface area contributed by atoms with E-state index in [0.717, 1.165) is 63.7 Å². The van der Waals surface area contributed by atoms with Crippen LogP contribution in [0.5, 0.6) is 5.75 Å². The van der Waals surface area contributed by atoms with Crippen molar-refractivity contribution in [3.8, 4) is 5.75 Å². The van der Waals surface area contributed by atoms with Gasteiger partial charge in [0.15, 0.2) is 0 Å². The van der Waals surface area contributed by atoms with Crippen molar-refractivity contribution in [3.05, 3.63) is 23.8 Å². The van der Waals surface area contributed by atoms with Crippen LogP contribution >= 0.6 is 0 Å². The van der Waals surface area contributed by atoms with Crippen LogP contribution in [0.2, 0.25) is 0 Å². The fourth-order valence-corrected chi connectivity index (χ4v) is 3.35. The van der Waals surface area contributed by atoms with Crippen molar-refractivity contribution in [2.24, 2.45) is 0 Å². The highest BCUT2D eigenvalue weighted by molar-refractivity contribution is 5.59. The predicted molar refractivity (Wildman–Crippen MR) is 88.7 cm³/mol. The van der Waals surface area contributed by atoms with Crippen LogP contribution in [0, 0.1) is 0 Å². The first kappa shape index (κ1) is 15.6. The summed E-state index contributed by atoms with van der Waals surface area (Å²) >= 11 is 0. The highest BCUT2D eigenvalue weighted by atomic mass is 16.5. The van der Waals surface area contributed by atoms with E-state index in [9.17, 15) is 0 Å². The molecule has 1 saturated heterocycles. The summed E-state index contributed by atoms with van der Waals surface area (Å²) in [5, 5.41) is 12.4. The first-order valence-corrected chi connectivity index (χ1v) is 8.33. The van der Waals surface area contributed by atoms with Gasteiger partial charge in [-0.3, -0.25) is 9.80 Å². The van der Waals surface area contributed by atoms with Gasteiger partial charge in [0.25, 0.3) is 0 Å². The largest absolute Gasteiger partial charge is 0.490 e. The van der Waals surface area contributed by atoms with Gasteiger partial charge in [-0.1, -0.05) is 6.07 Å². The smallest absolute Gasteiger partial charge is 0.142 e. The summed E-state index contributed by atoms with van der Waals surface area (Å²) in [4.78, 5) is 4.89. The number of ether oxygens (including phenoxy) is 1. The number of hydrogen-bond acceptors (Lipinski definition) is 5. The molecule has 0 radical (unpaired) electrons. The van der Waals surface area contributed by atoms with Gasteiger partial charge in [0.1, 0.15) is 12.4 Å². The molecule has 5 heteroatoms. The normalized spacial score (nSPS) is 20.8. The van der Waals surface area contributed by atoms with Crippen molar-refractivity contribution in [2.45, 2.75) is 19.4 Å². The quantitative estimate of drug-likeness (QED) is 0.851. The molecular formula is C17H27N3O2. The third-order valence-electron chi connectivity index (χ3n) is 4.70. The van der Waals surface area contributed by atoms with Crippen LogP contribution in [0.25, 0.3) is 0 Å². The number of hydrogen-bond donors (Lipinski definition) is 2. The highest BCUT2D eigenvalue weighted by Gasteiger charge is 2.21. The van der Waals surface area contributed by atoms with Gasteiger partial charge in [-0.05, 0) is 31.0 Å². The van der Waals surface area contributed by atoms with Gasteiger partial charge < -0.3 is 15.2 Å². The van der Waals surface area contributed by atoms with Gasteiger partial charge in [0, 0.05) is 45.3 Å². The lowest BCUT2D eigenvalue weighted by Crippen LogP contribution is -2.50. The molecule has 0 bridgehead atoms. The van der Waals surface area contributed by atoms with E-state index in [1.807, 2.05) is 0 Å². The summed E-state index contributed by atoms with van der Waals surface area (Å²) in [6, 6.07) is 7.04. The number of aliphatic hydroxyl groups excluding tert-OH is 1. The van der Waals surface area contributed by atoms with Crippen molar-refractivity contribution in [3.63, 3.8) is 0 Å². The second-order valence-electron chi connectivity index (χ2n) is 6.26. The molecule has 0 spiro atoms. The van der Waals surface area contributed by atoms with Gasteiger partial charge >= 0.3 is 0 Å². The number of nitrogens with one attached hydrogen (secondary N) is 1. The Labute approximate surface area is 132 Å². The zero-order valence-corrected chi connectivity index (χ0v) is 13.4. The van der Waals surface area contributed by atoms with Gasteiger partial charge in [0.05, 0.1) is 12.3 Å². The molecule has 0 aliphatic carbocycles. The Balaban J connectivity index is 1.54. The van der Waals surface area contributed by atoms with Crippen LogP contribution in [0.3, 0.4) is 0 Å². The van der Waals surface area contributed by atoms with E-state index in [-0.39, 0.29) is 6.61 Å². The molecule has 0 amide bonds. The molecule has 22 heavy (non-hydrogen) atoms. The summed E-state index contributed by atoms with van der Waals surface area (Å²) in [5.74, 6) is 0.972. The zero-order chi connectivity index (χ0) is 15.4. The van der Waals surface area contributed by atoms with E-state index in [2.05, 4.69) is 40.2 Å². The van der Waals surface area contributed by atoms with Crippen molar-refractivity contribution >= 4 is 5.69 Å². The maximum Gasteiger partial charge on any atom is 0.142 e. The van der Waals surface area contributed by atoms with E-state index in [4.69, 9.17) is 9.84 Å². The number of fused-ring (bicyclic) bond motifs is 1. The van der Waals surface area contributed by atoms with Crippen molar-refractivity contribution in [2.75, 3.05) is 57.8 Å². The molecule has 2 heterocycles. The average Bonchev–Trinajstić information content (AvgIpc) is 2.56. The Morgan fingerprint density at radius 2 is 2.09 bits per heavy atom. The third kappa shape index (κ3) is 3.72. The molecule has 122 valence electrons. The molecule has 3 rings (SSSR count). The Hall–Kier alpha value is -1.30. The monoisotopic (exact) mass is 305 g/mol. The maximum absolute atomic E-state index is 9.01. The Bertz CT molecular complexity index is 487. The predicted octanol–water partition coefficient (Wildman–Crippen LogP) is 1.03. The van der Waals surface area contributed by atoms with E-state index < -0.39 is 0 Å². The number of β-amino-alcohol motifs (C(OH)–C–C–N with tert-alkyl or cyclic N) is 1. The molecule has 0 saturated carbocycles. The summed E-state index contributed by atoms with van der Waals surface area (Å²) in [6.45, 7) is 9.32. The summed E-state index contributed by atoms with van der Waals surface area (Å²) in [7, 11) is 0. The first-order chi connectivity index (χ1) is 10.8. The topological polar surface area (TPSA) is 48.0 Å². The lowest BCUT2D eigenvalue weighted by atomic mass is 10.0. The summed E-state index contributed by atoms with van der Waals surface area (Å²) in [6.07, 6.45) is 1.06. The highest BCUT2D eigenvalue weighted by Crippen LogP contribution is 2.28. The molecule has 1 aromatic carbocycles. The lowest BCUT2D eigenvalue weighted by Gasteiger charge is -2.38. The van der Waals surface area contributed by atoms with Crippen molar-refractivity contribution in [1.82, 2.24) is 9.80 Å². The molecule has 1 aromatic rings. The molecule has 5 nitrogen and oxygen atoms in total. The molecule has 1 unspecified atom stereocenters. The van der Waals surface area contributed by atoms with Crippen LogP contribution in [0.15, 0.2) is 18.2 Å². The third-order valence-corrected chi connectivity index (χ3v) is 4.70. The molecule has 1 fully saturated rings. The SMILES string of the molecule is CC(Cc1ccc2c(c1)NCCO2)N1CCN(CCO)CC1. The molecule has 2 N–H and O–H groups in total. The van der Waals surface area contributed by atoms with Crippen LogP contribution in [0.1, 0.15) is 12.5 Å². The van der Waals surface area contributed by atoms with Gasteiger partial charge in [-0.2, -0.15) is 0 Å². The zero-order valence-electron chi connectivity index (χ0n) is 13.4. The van der Waals surface area contributed by atoms with Crippen molar-refractivity contribution in [1.29, 1.82) is 0 Å². The second-order valence-corrected chi connectivity index (χ2v) is 6.26. The standard InChI is InChI=1S/C17H27N3O2/c1-14(20-7-5-19(6-8-20)9-10-21)12-15-2-3-17-16(13-15)18-4-11-22-17/h2-3,13-14,18,21H,4-12H2,1H3. The van der Waals surface area contributed by atoms with E-state index in [1.165, 1.54) is 5.56 Å². The Morgan fingerprint density at radius 1 is 1.27 bits per heavy atom. The Kier molecular flexibility index (Phi) is 5.18. The van der Waals surface area contributed by atoms with Gasteiger partial charge in [-0.25, -0.2) is 0 Å². The maximum atomic E-state index is 9.01. The summed E-state index contributed by atoms with van der Waals surface area (Å²) in [5.41, 5.74) is 2.49. The molecule has 2 aliphatic heterocycles. The molecule has 2 aliphatic rings. The minimum Gasteiger partial charge on any atom is -0.490 e. The second kappa shape index (κ2) is 7.31. The van der Waals surface area contributed by atoms with Gasteiger partial charge in [0.2, 0.25) is 0 Å². The van der Waals surface area contributed by atoms with Crippen molar-refractivity contribution < 1.29 is 9.84 Å². The molecule has 1 atom stereocenters. The van der Waals surface area contributed by atoms with E-state index in [0.29, 0.717) is 6.04 Å². The number of benzene rings is 1. The minimum absolute atomic E-state index is 0.264. The molecular weight excluding hydrogens is 278 g/mol. The number of anilines is 1. The lowest BCUT2D eigenvalue weighted by molar-refractivity contribution is 0.0888. The van der Waals surface area contributed by atoms with Crippen LogP contribution in [-0.2, 0) is 6.42 Å². The fraction of sp³-hybridized carbons (Fsp3) is 0.647. The minimum atomic E-state index is 0.264. The number of piperazine rings is 1. The first-order valence-electron chi connectivity index (χ1n) is 8.33. The van der Waals surface area contributed by atoms with Gasteiger partial charge in [-0.15, -0.1) is 0 Å². The molecule has 0 aromatic heterocycles. The van der Waals surface area contributed by atoms with E-state index in [1.54, 1.807) is 0 Å².